The van der Waals surface area contributed by atoms with Crippen LogP contribution < -0.4 is 10.6 Å². The Labute approximate surface area is 203 Å². The number of carbonyl (C=O) groups is 1. The van der Waals surface area contributed by atoms with Crippen molar-refractivity contribution in [3.05, 3.63) is 91.9 Å². The van der Waals surface area contributed by atoms with Gasteiger partial charge in [-0.15, -0.1) is 0 Å². The Hall–Kier alpha value is -2.40. The van der Waals surface area contributed by atoms with Crippen molar-refractivity contribution < 1.29 is 4.79 Å². The van der Waals surface area contributed by atoms with Crippen molar-refractivity contribution in [2.45, 2.75) is 19.9 Å². The zero-order valence-corrected chi connectivity index (χ0v) is 20.2. The van der Waals surface area contributed by atoms with Crippen LogP contribution in [0.3, 0.4) is 0 Å². The number of benzene rings is 3. The molecular formula is C25H24Cl3N3O. The first-order chi connectivity index (χ1) is 15.2. The smallest absolute Gasteiger partial charge is 0.254 e. The van der Waals surface area contributed by atoms with Crippen LogP contribution in [0.1, 0.15) is 33.1 Å². The lowest BCUT2D eigenvalue weighted by molar-refractivity contribution is 0.0720. The van der Waals surface area contributed by atoms with Crippen molar-refractivity contribution in [1.29, 1.82) is 0 Å². The summed E-state index contributed by atoms with van der Waals surface area (Å²) in [4.78, 5) is 17.7. The minimum Gasteiger partial charge on any atom is -0.399 e. The zero-order chi connectivity index (χ0) is 23.0. The maximum Gasteiger partial charge on any atom is 0.254 e. The van der Waals surface area contributed by atoms with Crippen LogP contribution in [0.2, 0.25) is 15.1 Å². The van der Waals surface area contributed by atoms with E-state index in [0.29, 0.717) is 46.0 Å². The van der Waals surface area contributed by atoms with Gasteiger partial charge in [0.1, 0.15) is 0 Å². The Morgan fingerprint density at radius 2 is 1.53 bits per heavy atom. The summed E-state index contributed by atoms with van der Waals surface area (Å²) < 4.78 is 0. The van der Waals surface area contributed by atoms with E-state index in [0.717, 1.165) is 22.4 Å². The van der Waals surface area contributed by atoms with Crippen molar-refractivity contribution in [2.75, 3.05) is 30.3 Å². The number of nitrogen functional groups attached to an aromatic ring is 1. The fourth-order valence-electron chi connectivity index (χ4n) is 4.43. The van der Waals surface area contributed by atoms with Gasteiger partial charge in [-0.25, -0.2) is 0 Å². The average molecular weight is 489 g/mol. The Kier molecular flexibility index (Phi) is 6.57. The predicted octanol–water partition coefficient (Wildman–Crippen LogP) is 6.55. The van der Waals surface area contributed by atoms with Gasteiger partial charge in [0.15, 0.2) is 0 Å². The molecule has 1 aliphatic heterocycles. The van der Waals surface area contributed by atoms with E-state index in [4.69, 9.17) is 40.5 Å². The minimum atomic E-state index is -0.0852. The third-order valence-corrected chi connectivity index (χ3v) is 6.70. The molecule has 7 heteroatoms. The summed E-state index contributed by atoms with van der Waals surface area (Å²) in [7, 11) is 0. The quantitative estimate of drug-likeness (QED) is 0.425. The first kappa shape index (κ1) is 22.8. The van der Waals surface area contributed by atoms with E-state index in [1.807, 2.05) is 67.3 Å². The topological polar surface area (TPSA) is 49.6 Å². The van der Waals surface area contributed by atoms with E-state index >= 15 is 0 Å². The molecule has 0 aromatic heterocycles. The Balaban J connectivity index is 1.70. The molecule has 0 bridgehead atoms. The molecule has 1 aliphatic rings. The average Bonchev–Trinajstić information content (AvgIpc) is 2.73. The van der Waals surface area contributed by atoms with E-state index < -0.39 is 0 Å². The molecule has 1 unspecified atom stereocenters. The standard InChI is InChI=1S/C25H24Cl3N3O/c1-15-11-20(29)12-16(2)24(15)25(32)30-9-10-31(22-8-7-19(27)13-21(22)28)23(14-30)17-3-5-18(26)6-4-17/h3-8,11-13,23H,9-10,14,29H2,1-2H3. The van der Waals surface area contributed by atoms with Crippen LogP contribution in [-0.4, -0.2) is 30.4 Å². The monoisotopic (exact) mass is 487 g/mol. The highest BCUT2D eigenvalue weighted by atomic mass is 35.5. The van der Waals surface area contributed by atoms with Crippen LogP contribution in [0.5, 0.6) is 0 Å². The van der Waals surface area contributed by atoms with Crippen LogP contribution >= 0.6 is 34.8 Å². The number of halogens is 3. The number of nitrogens with two attached hydrogens (primary N) is 1. The molecule has 1 fully saturated rings. The lowest BCUT2D eigenvalue weighted by Crippen LogP contribution is -2.51. The highest BCUT2D eigenvalue weighted by Crippen LogP contribution is 2.37. The summed E-state index contributed by atoms with van der Waals surface area (Å²) in [6.45, 7) is 5.58. The van der Waals surface area contributed by atoms with Crippen LogP contribution in [0.25, 0.3) is 0 Å². The van der Waals surface area contributed by atoms with Crippen molar-refractivity contribution in [3.8, 4) is 0 Å². The number of aryl methyl sites for hydroxylation is 2. The second-order valence-electron chi connectivity index (χ2n) is 8.14. The number of anilines is 2. The number of hydrogen-bond donors (Lipinski definition) is 1. The largest absolute Gasteiger partial charge is 0.399 e. The molecule has 0 spiro atoms. The molecule has 32 heavy (non-hydrogen) atoms. The van der Waals surface area contributed by atoms with Gasteiger partial charge in [0.05, 0.1) is 16.8 Å². The maximum absolute atomic E-state index is 13.5. The molecule has 4 rings (SSSR count). The molecule has 1 saturated heterocycles. The summed E-state index contributed by atoms with van der Waals surface area (Å²) in [5.74, 6) is 0.0146. The Morgan fingerprint density at radius 3 is 2.16 bits per heavy atom. The molecule has 166 valence electrons. The normalized spacial score (nSPS) is 16.3. The number of piperazine rings is 1. The first-order valence-corrected chi connectivity index (χ1v) is 11.5. The number of hydrogen-bond acceptors (Lipinski definition) is 3. The van der Waals surface area contributed by atoms with Crippen LogP contribution in [0.15, 0.2) is 54.6 Å². The van der Waals surface area contributed by atoms with Crippen molar-refractivity contribution in [1.82, 2.24) is 4.90 Å². The van der Waals surface area contributed by atoms with Gasteiger partial charge in [0.2, 0.25) is 0 Å². The van der Waals surface area contributed by atoms with Gasteiger partial charge in [-0.2, -0.15) is 0 Å². The van der Waals surface area contributed by atoms with Crippen molar-refractivity contribution in [2.24, 2.45) is 0 Å². The molecule has 4 nitrogen and oxygen atoms in total. The molecule has 0 aliphatic carbocycles. The number of rotatable bonds is 3. The van der Waals surface area contributed by atoms with Gasteiger partial charge in [-0.1, -0.05) is 46.9 Å². The number of amides is 1. The van der Waals surface area contributed by atoms with E-state index in [-0.39, 0.29) is 11.9 Å². The third kappa shape index (κ3) is 4.54. The summed E-state index contributed by atoms with van der Waals surface area (Å²) in [6, 6.07) is 16.9. The second kappa shape index (κ2) is 9.22. The molecular weight excluding hydrogens is 465 g/mol. The lowest BCUT2D eigenvalue weighted by atomic mass is 9.97. The fourth-order valence-corrected chi connectivity index (χ4v) is 5.08. The molecule has 0 saturated carbocycles. The fraction of sp³-hybridized carbons (Fsp3) is 0.240. The Bertz CT molecular complexity index is 1140. The van der Waals surface area contributed by atoms with Crippen LogP contribution in [0.4, 0.5) is 11.4 Å². The molecule has 1 atom stereocenters. The van der Waals surface area contributed by atoms with E-state index in [9.17, 15) is 4.79 Å². The van der Waals surface area contributed by atoms with Crippen LogP contribution in [-0.2, 0) is 0 Å². The molecule has 0 radical (unpaired) electrons. The molecule has 1 amide bonds. The van der Waals surface area contributed by atoms with Crippen molar-refractivity contribution in [3.63, 3.8) is 0 Å². The minimum absolute atomic E-state index is 0.0146. The highest BCUT2D eigenvalue weighted by molar-refractivity contribution is 6.36. The second-order valence-corrected chi connectivity index (χ2v) is 9.42. The predicted molar refractivity (Wildman–Crippen MR) is 134 cm³/mol. The van der Waals surface area contributed by atoms with Crippen LogP contribution in [0, 0.1) is 13.8 Å². The molecule has 1 heterocycles. The maximum atomic E-state index is 13.5. The number of carbonyl (C=O) groups excluding carboxylic acids is 1. The van der Waals surface area contributed by atoms with E-state index in [1.54, 1.807) is 6.07 Å². The van der Waals surface area contributed by atoms with Gasteiger partial charge in [0.25, 0.3) is 5.91 Å². The number of nitrogens with zero attached hydrogens (tertiary/aromatic N) is 2. The summed E-state index contributed by atoms with van der Waals surface area (Å²) in [6.07, 6.45) is 0. The van der Waals surface area contributed by atoms with Gasteiger partial charge in [0, 0.05) is 40.9 Å². The van der Waals surface area contributed by atoms with Gasteiger partial charge < -0.3 is 15.5 Å². The SMILES string of the molecule is Cc1cc(N)cc(C)c1C(=O)N1CCN(c2ccc(Cl)cc2Cl)C(c2ccc(Cl)cc2)C1. The summed E-state index contributed by atoms with van der Waals surface area (Å²) in [5.41, 5.74) is 11.1. The lowest BCUT2D eigenvalue weighted by Gasteiger charge is -2.43. The van der Waals surface area contributed by atoms with Crippen molar-refractivity contribution >= 4 is 52.1 Å². The first-order valence-electron chi connectivity index (χ1n) is 10.4. The molecule has 3 aromatic rings. The van der Waals surface area contributed by atoms with E-state index in [2.05, 4.69) is 4.90 Å². The molecule has 2 N–H and O–H groups in total. The summed E-state index contributed by atoms with van der Waals surface area (Å²) in [5, 5.41) is 1.84. The zero-order valence-electron chi connectivity index (χ0n) is 17.9. The summed E-state index contributed by atoms with van der Waals surface area (Å²) >= 11 is 18.8. The third-order valence-electron chi connectivity index (χ3n) is 5.91. The molecule has 3 aromatic carbocycles. The Morgan fingerprint density at radius 1 is 0.906 bits per heavy atom. The highest BCUT2D eigenvalue weighted by Gasteiger charge is 2.33. The van der Waals surface area contributed by atoms with E-state index in [1.165, 1.54) is 0 Å². The van der Waals surface area contributed by atoms with Gasteiger partial charge >= 0.3 is 0 Å². The van der Waals surface area contributed by atoms with Gasteiger partial charge in [-0.05, 0) is 73.0 Å². The van der Waals surface area contributed by atoms with Gasteiger partial charge in [-0.3, -0.25) is 4.79 Å².